The number of pyridine rings is 1. The standard InChI is InChI=1S/C14H12ClFN2O2S/c15-12-3-2-11(21-12)10-8-18(5-6-20-10)14(19)9-1-4-13(16)17-7-9/h1-4,7,10H,5-6,8H2/t10-/m0/s1. The highest BCUT2D eigenvalue weighted by Gasteiger charge is 2.27. The van der Waals surface area contributed by atoms with E-state index >= 15 is 0 Å². The zero-order chi connectivity index (χ0) is 14.8. The van der Waals surface area contributed by atoms with Crippen LogP contribution >= 0.6 is 22.9 Å². The Morgan fingerprint density at radius 1 is 1.43 bits per heavy atom. The van der Waals surface area contributed by atoms with Gasteiger partial charge < -0.3 is 9.64 Å². The molecular weight excluding hydrogens is 315 g/mol. The zero-order valence-corrected chi connectivity index (χ0v) is 12.5. The summed E-state index contributed by atoms with van der Waals surface area (Å²) >= 11 is 7.37. The summed E-state index contributed by atoms with van der Waals surface area (Å²) in [6.45, 7) is 1.42. The summed E-state index contributed by atoms with van der Waals surface area (Å²) in [6, 6.07) is 6.35. The Bertz CT molecular complexity index is 647. The molecule has 1 fully saturated rings. The Balaban J connectivity index is 1.73. The maximum Gasteiger partial charge on any atom is 0.255 e. The molecule has 4 nitrogen and oxygen atoms in total. The molecule has 0 N–H and O–H groups in total. The van der Waals surface area contributed by atoms with Gasteiger partial charge in [0.05, 0.1) is 23.1 Å². The highest BCUT2D eigenvalue weighted by molar-refractivity contribution is 7.16. The van der Waals surface area contributed by atoms with Gasteiger partial charge in [0, 0.05) is 17.6 Å². The monoisotopic (exact) mass is 326 g/mol. The van der Waals surface area contributed by atoms with Gasteiger partial charge in [0.25, 0.3) is 5.91 Å². The van der Waals surface area contributed by atoms with Crippen molar-refractivity contribution in [1.29, 1.82) is 0 Å². The number of halogens is 2. The molecule has 0 unspecified atom stereocenters. The molecule has 0 saturated carbocycles. The van der Waals surface area contributed by atoms with E-state index in [2.05, 4.69) is 4.98 Å². The SMILES string of the molecule is O=C(c1ccc(F)nc1)N1CCO[C@H](c2ccc(Cl)s2)C1. The molecule has 0 radical (unpaired) electrons. The second-order valence-corrected chi connectivity index (χ2v) is 6.37. The quantitative estimate of drug-likeness (QED) is 0.796. The van der Waals surface area contributed by atoms with Gasteiger partial charge in [-0.3, -0.25) is 4.79 Å². The second kappa shape index (κ2) is 6.09. The van der Waals surface area contributed by atoms with Crippen LogP contribution in [0.1, 0.15) is 21.3 Å². The third-order valence-electron chi connectivity index (χ3n) is 3.24. The number of carbonyl (C=O) groups excluding carboxylic acids is 1. The van der Waals surface area contributed by atoms with Crippen LogP contribution in [0.4, 0.5) is 4.39 Å². The number of thiophene rings is 1. The van der Waals surface area contributed by atoms with Crippen molar-refractivity contribution in [3.8, 4) is 0 Å². The molecule has 1 atom stereocenters. The van der Waals surface area contributed by atoms with E-state index < -0.39 is 5.95 Å². The molecule has 1 aliphatic heterocycles. The highest BCUT2D eigenvalue weighted by Crippen LogP contribution is 2.31. The topological polar surface area (TPSA) is 42.4 Å². The van der Waals surface area contributed by atoms with E-state index in [1.165, 1.54) is 29.7 Å². The minimum atomic E-state index is -0.598. The van der Waals surface area contributed by atoms with Crippen molar-refractivity contribution in [1.82, 2.24) is 9.88 Å². The van der Waals surface area contributed by atoms with Crippen molar-refractivity contribution in [3.63, 3.8) is 0 Å². The van der Waals surface area contributed by atoms with Crippen molar-refractivity contribution in [2.24, 2.45) is 0 Å². The molecule has 3 heterocycles. The number of morpholine rings is 1. The average Bonchev–Trinajstić information content (AvgIpc) is 2.94. The summed E-state index contributed by atoms with van der Waals surface area (Å²) < 4.78 is 19.2. The first-order valence-corrected chi connectivity index (χ1v) is 7.60. The van der Waals surface area contributed by atoms with E-state index in [9.17, 15) is 9.18 Å². The Morgan fingerprint density at radius 3 is 2.95 bits per heavy atom. The van der Waals surface area contributed by atoms with Gasteiger partial charge >= 0.3 is 0 Å². The summed E-state index contributed by atoms with van der Waals surface area (Å²) in [5, 5.41) is 0. The molecule has 110 valence electrons. The molecule has 0 spiro atoms. The molecule has 1 amide bonds. The molecule has 1 aliphatic rings. The minimum Gasteiger partial charge on any atom is -0.369 e. The van der Waals surface area contributed by atoms with E-state index in [4.69, 9.17) is 16.3 Å². The molecular formula is C14H12ClFN2O2S. The van der Waals surface area contributed by atoms with E-state index in [1.54, 1.807) is 4.90 Å². The predicted molar refractivity (Wildman–Crippen MR) is 78.1 cm³/mol. The van der Waals surface area contributed by atoms with E-state index in [1.807, 2.05) is 12.1 Å². The van der Waals surface area contributed by atoms with Crippen molar-refractivity contribution in [2.45, 2.75) is 6.10 Å². The largest absolute Gasteiger partial charge is 0.369 e. The first-order valence-electron chi connectivity index (χ1n) is 6.41. The molecule has 1 saturated heterocycles. The third kappa shape index (κ3) is 3.23. The normalized spacial score (nSPS) is 18.8. The van der Waals surface area contributed by atoms with Crippen LogP contribution in [0.25, 0.3) is 0 Å². The Morgan fingerprint density at radius 2 is 2.29 bits per heavy atom. The summed E-state index contributed by atoms with van der Waals surface area (Å²) in [6.07, 6.45) is 1.08. The van der Waals surface area contributed by atoms with Crippen molar-refractivity contribution < 1.29 is 13.9 Å². The van der Waals surface area contributed by atoms with E-state index in [0.29, 0.717) is 29.6 Å². The third-order valence-corrected chi connectivity index (χ3v) is 4.56. The van der Waals surface area contributed by atoms with Crippen molar-refractivity contribution >= 4 is 28.8 Å². The molecule has 0 bridgehead atoms. The molecule has 2 aromatic heterocycles. The molecule has 0 aliphatic carbocycles. The van der Waals surface area contributed by atoms with Crippen LogP contribution in [0, 0.1) is 5.95 Å². The lowest BCUT2D eigenvalue weighted by molar-refractivity contribution is -0.0212. The number of rotatable bonds is 2. The van der Waals surface area contributed by atoms with Gasteiger partial charge in [0.1, 0.15) is 6.10 Å². The number of carbonyl (C=O) groups is 1. The number of ether oxygens (including phenoxy) is 1. The van der Waals surface area contributed by atoms with Crippen LogP contribution in [0.5, 0.6) is 0 Å². The second-order valence-electron chi connectivity index (χ2n) is 4.62. The van der Waals surface area contributed by atoms with Gasteiger partial charge in [-0.25, -0.2) is 4.98 Å². The number of hydrogen-bond acceptors (Lipinski definition) is 4. The summed E-state index contributed by atoms with van der Waals surface area (Å²) in [4.78, 5) is 18.6. The summed E-state index contributed by atoms with van der Waals surface area (Å²) in [5.74, 6) is -0.766. The zero-order valence-electron chi connectivity index (χ0n) is 11.0. The molecule has 2 aromatic rings. The fraction of sp³-hybridized carbons (Fsp3) is 0.286. The van der Waals surface area contributed by atoms with Crippen LogP contribution in [-0.2, 0) is 4.74 Å². The van der Waals surface area contributed by atoms with Crippen LogP contribution in [0.2, 0.25) is 4.34 Å². The first kappa shape index (κ1) is 14.4. The van der Waals surface area contributed by atoms with Gasteiger partial charge in [-0.1, -0.05) is 11.6 Å². The Kier molecular flexibility index (Phi) is 4.19. The average molecular weight is 327 g/mol. The first-order chi connectivity index (χ1) is 10.1. The summed E-state index contributed by atoms with van der Waals surface area (Å²) in [5.41, 5.74) is 0.376. The fourth-order valence-corrected chi connectivity index (χ4v) is 3.29. The number of amides is 1. The van der Waals surface area contributed by atoms with Crippen molar-refractivity contribution in [3.05, 3.63) is 51.2 Å². The number of aromatic nitrogens is 1. The molecule has 3 rings (SSSR count). The predicted octanol–water partition coefficient (Wildman–Crippen LogP) is 3.15. The van der Waals surface area contributed by atoms with Gasteiger partial charge in [0.2, 0.25) is 5.95 Å². The number of nitrogens with zero attached hydrogens (tertiary/aromatic N) is 2. The van der Waals surface area contributed by atoms with Crippen LogP contribution in [0.15, 0.2) is 30.5 Å². The van der Waals surface area contributed by atoms with Crippen LogP contribution in [-0.4, -0.2) is 35.5 Å². The highest BCUT2D eigenvalue weighted by atomic mass is 35.5. The number of hydrogen-bond donors (Lipinski definition) is 0. The van der Waals surface area contributed by atoms with Gasteiger partial charge in [-0.15, -0.1) is 11.3 Å². The lowest BCUT2D eigenvalue weighted by Gasteiger charge is -2.32. The fourth-order valence-electron chi connectivity index (χ4n) is 2.19. The van der Waals surface area contributed by atoms with Crippen LogP contribution in [0.3, 0.4) is 0 Å². The minimum absolute atomic E-state index is 0.168. The lowest BCUT2D eigenvalue weighted by atomic mass is 10.2. The maximum atomic E-state index is 12.8. The smallest absolute Gasteiger partial charge is 0.255 e. The van der Waals surface area contributed by atoms with Gasteiger partial charge in [-0.05, 0) is 24.3 Å². The van der Waals surface area contributed by atoms with E-state index in [0.717, 1.165) is 4.88 Å². The lowest BCUT2D eigenvalue weighted by Crippen LogP contribution is -2.42. The molecule has 0 aromatic carbocycles. The molecule has 21 heavy (non-hydrogen) atoms. The van der Waals surface area contributed by atoms with Gasteiger partial charge in [-0.2, -0.15) is 4.39 Å². The van der Waals surface area contributed by atoms with Gasteiger partial charge in [0.15, 0.2) is 0 Å². The summed E-state index contributed by atoms with van der Waals surface area (Å²) in [7, 11) is 0. The maximum absolute atomic E-state index is 12.8. The Hall–Kier alpha value is -1.50. The van der Waals surface area contributed by atoms with Crippen molar-refractivity contribution in [2.75, 3.05) is 19.7 Å². The Labute approximate surface area is 130 Å². The molecule has 7 heteroatoms. The van der Waals surface area contributed by atoms with Crippen LogP contribution < -0.4 is 0 Å². The van der Waals surface area contributed by atoms with E-state index in [-0.39, 0.29) is 12.0 Å².